The topological polar surface area (TPSA) is 81.7 Å². The van der Waals surface area contributed by atoms with Crippen molar-refractivity contribution in [3.8, 4) is 0 Å². The molecule has 0 atom stereocenters. The van der Waals surface area contributed by atoms with Crippen LogP contribution in [0.25, 0.3) is 0 Å². The van der Waals surface area contributed by atoms with Crippen molar-refractivity contribution in [3.63, 3.8) is 0 Å². The van der Waals surface area contributed by atoms with Crippen LogP contribution < -0.4 is 10.6 Å². The molecule has 0 spiro atoms. The largest absolute Gasteiger partial charge is 0.480 e. The number of carboxylic acid groups (broad SMARTS) is 1. The zero-order valence-electron chi connectivity index (χ0n) is 11.7. The van der Waals surface area contributed by atoms with Gasteiger partial charge in [0.05, 0.1) is 0 Å². The molecule has 0 heterocycles. The van der Waals surface area contributed by atoms with Gasteiger partial charge in [0.15, 0.2) is 0 Å². The lowest BCUT2D eigenvalue weighted by molar-refractivity contribution is -0.147. The molecule has 0 fully saturated rings. The first-order chi connectivity index (χ1) is 8.37. The molecule has 2 amide bonds. The van der Waals surface area contributed by atoms with Crippen molar-refractivity contribution in [2.75, 3.05) is 26.2 Å². The summed E-state index contributed by atoms with van der Waals surface area (Å²) in [5.41, 5.74) is -1.19. The number of likely N-dealkylation sites (N-methyl/N-ethyl adjacent to an activating group) is 1. The smallest absolute Gasteiger partial charge is 0.329 e. The molecular weight excluding hydrogens is 234 g/mol. The van der Waals surface area contributed by atoms with Crippen LogP contribution in [0.15, 0.2) is 0 Å². The molecule has 3 N–H and O–H groups in total. The third-order valence-corrected chi connectivity index (χ3v) is 2.82. The number of nitrogens with zero attached hydrogens (tertiary/aromatic N) is 1. The Morgan fingerprint density at radius 3 is 2.28 bits per heavy atom. The second-order valence-corrected chi connectivity index (χ2v) is 4.55. The van der Waals surface area contributed by atoms with Crippen LogP contribution in [0.5, 0.6) is 0 Å². The minimum atomic E-state index is -1.19. The number of hydrogen-bond acceptors (Lipinski definition) is 3. The summed E-state index contributed by atoms with van der Waals surface area (Å²) in [5, 5.41) is 15.0. The number of aliphatic carboxylic acids is 1. The van der Waals surface area contributed by atoms with Gasteiger partial charge in [-0.25, -0.2) is 9.59 Å². The van der Waals surface area contributed by atoms with E-state index in [0.717, 1.165) is 19.5 Å². The van der Waals surface area contributed by atoms with E-state index in [-0.39, 0.29) is 6.03 Å². The highest BCUT2D eigenvalue weighted by Gasteiger charge is 2.36. The van der Waals surface area contributed by atoms with Crippen molar-refractivity contribution in [1.29, 1.82) is 0 Å². The first-order valence-electron chi connectivity index (χ1n) is 6.37. The molecule has 0 saturated heterocycles. The number of carbonyl (C=O) groups is 2. The number of hydrogen-bond donors (Lipinski definition) is 3. The van der Waals surface area contributed by atoms with E-state index in [1.807, 2.05) is 6.92 Å². The van der Waals surface area contributed by atoms with E-state index < -0.39 is 11.5 Å². The molecule has 6 heteroatoms. The van der Waals surface area contributed by atoms with Gasteiger partial charge in [-0.2, -0.15) is 0 Å². The zero-order chi connectivity index (χ0) is 14.2. The standard InChI is InChI=1S/C12H25N3O3/c1-5-13-8-7-9-14-11(18)15(6-2)12(3,4)10(16)17/h13H,5-9H2,1-4H3,(H,14,18)(H,16,17). The molecule has 0 aromatic rings. The summed E-state index contributed by atoms with van der Waals surface area (Å²) in [5.74, 6) is -1.01. The molecule has 0 radical (unpaired) electrons. The van der Waals surface area contributed by atoms with Crippen molar-refractivity contribution < 1.29 is 14.7 Å². The van der Waals surface area contributed by atoms with Gasteiger partial charge >= 0.3 is 12.0 Å². The highest BCUT2D eigenvalue weighted by atomic mass is 16.4. The van der Waals surface area contributed by atoms with Crippen LogP contribution in [0, 0.1) is 0 Å². The third kappa shape index (κ3) is 4.91. The number of amides is 2. The quantitative estimate of drug-likeness (QED) is 0.565. The normalized spacial score (nSPS) is 11.1. The first-order valence-corrected chi connectivity index (χ1v) is 6.37. The van der Waals surface area contributed by atoms with Crippen LogP contribution in [0.1, 0.15) is 34.1 Å². The lowest BCUT2D eigenvalue weighted by Gasteiger charge is -2.34. The van der Waals surface area contributed by atoms with Crippen molar-refractivity contribution in [3.05, 3.63) is 0 Å². The fourth-order valence-corrected chi connectivity index (χ4v) is 1.59. The van der Waals surface area contributed by atoms with E-state index in [4.69, 9.17) is 5.11 Å². The van der Waals surface area contributed by atoms with Crippen molar-refractivity contribution in [1.82, 2.24) is 15.5 Å². The predicted molar refractivity (Wildman–Crippen MR) is 70.7 cm³/mol. The highest BCUT2D eigenvalue weighted by molar-refractivity contribution is 5.85. The van der Waals surface area contributed by atoms with Crippen LogP contribution in [-0.4, -0.2) is 53.7 Å². The molecule has 0 aliphatic rings. The molecule has 18 heavy (non-hydrogen) atoms. The van der Waals surface area contributed by atoms with E-state index in [0.29, 0.717) is 13.1 Å². The number of carboxylic acids is 1. The summed E-state index contributed by atoms with van der Waals surface area (Å²) in [6.07, 6.45) is 0.824. The van der Waals surface area contributed by atoms with Gasteiger partial charge in [0, 0.05) is 13.1 Å². The maximum Gasteiger partial charge on any atom is 0.329 e. The summed E-state index contributed by atoms with van der Waals surface area (Å²) in [6, 6.07) is -0.332. The molecule has 0 saturated carbocycles. The number of rotatable bonds is 8. The molecule has 0 bridgehead atoms. The van der Waals surface area contributed by atoms with Crippen LogP contribution in [0.3, 0.4) is 0 Å². The van der Waals surface area contributed by atoms with Gasteiger partial charge < -0.3 is 20.6 Å². The van der Waals surface area contributed by atoms with Gasteiger partial charge in [0.25, 0.3) is 0 Å². The maximum atomic E-state index is 11.9. The van der Waals surface area contributed by atoms with Crippen LogP contribution in [0.2, 0.25) is 0 Å². The Kier molecular flexibility index (Phi) is 7.35. The Morgan fingerprint density at radius 1 is 1.22 bits per heavy atom. The van der Waals surface area contributed by atoms with Gasteiger partial charge in [0.1, 0.15) is 5.54 Å². The Labute approximate surface area is 109 Å². The molecule has 0 rings (SSSR count). The zero-order valence-corrected chi connectivity index (χ0v) is 11.7. The summed E-state index contributed by atoms with van der Waals surface area (Å²) in [7, 11) is 0. The number of carbonyl (C=O) groups excluding carboxylic acids is 1. The second-order valence-electron chi connectivity index (χ2n) is 4.55. The predicted octanol–water partition coefficient (Wildman–Crippen LogP) is 0.881. The lowest BCUT2D eigenvalue weighted by atomic mass is 10.0. The number of nitrogens with one attached hydrogen (secondary N) is 2. The average molecular weight is 259 g/mol. The van der Waals surface area contributed by atoms with Gasteiger partial charge in [-0.1, -0.05) is 6.92 Å². The fourth-order valence-electron chi connectivity index (χ4n) is 1.59. The van der Waals surface area contributed by atoms with Crippen molar-refractivity contribution >= 4 is 12.0 Å². The Morgan fingerprint density at radius 2 is 1.83 bits per heavy atom. The summed E-state index contributed by atoms with van der Waals surface area (Å²) < 4.78 is 0. The molecule has 0 aromatic carbocycles. The van der Waals surface area contributed by atoms with E-state index >= 15 is 0 Å². The fraction of sp³-hybridized carbons (Fsp3) is 0.833. The van der Waals surface area contributed by atoms with Crippen LogP contribution in [0.4, 0.5) is 4.79 Å². The van der Waals surface area contributed by atoms with Gasteiger partial charge in [-0.05, 0) is 40.3 Å². The minimum absolute atomic E-state index is 0.332. The lowest BCUT2D eigenvalue weighted by Crippen LogP contribution is -2.56. The molecule has 0 aliphatic heterocycles. The Hall–Kier alpha value is -1.30. The average Bonchev–Trinajstić information content (AvgIpc) is 2.29. The Balaban J connectivity index is 4.24. The van der Waals surface area contributed by atoms with Gasteiger partial charge in [0.2, 0.25) is 0 Å². The van der Waals surface area contributed by atoms with Crippen molar-refractivity contribution in [2.24, 2.45) is 0 Å². The number of urea groups is 1. The van der Waals surface area contributed by atoms with E-state index in [1.54, 1.807) is 6.92 Å². The minimum Gasteiger partial charge on any atom is -0.480 e. The molecule has 0 aromatic heterocycles. The second kappa shape index (κ2) is 7.92. The maximum absolute atomic E-state index is 11.9. The Bertz CT molecular complexity index is 280. The monoisotopic (exact) mass is 259 g/mol. The molecule has 6 nitrogen and oxygen atoms in total. The summed E-state index contributed by atoms with van der Waals surface area (Å²) in [4.78, 5) is 24.3. The van der Waals surface area contributed by atoms with E-state index in [1.165, 1.54) is 18.7 Å². The van der Waals surface area contributed by atoms with Gasteiger partial charge in [-0.3, -0.25) is 0 Å². The van der Waals surface area contributed by atoms with Crippen LogP contribution >= 0.6 is 0 Å². The summed E-state index contributed by atoms with van der Waals surface area (Å²) >= 11 is 0. The first kappa shape index (κ1) is 16.7. The molecule has 106 valence electrons. The van der Waals surface area contributed by atoms with Gasteiger partial charge in [-0.15, -0.1) is 0 Å². The van der Waals surface area contributed by atoms with Crippen molar-refractivity contribution in [2.45, 2.75) is 39.7 Å². The SMILES string of the molecule is CCNCCCNC(=O)N(CC)C(C)(C)C(=O)O. The molecule has 0 aliphatic carbocycles. The van der Waals surface area contributed by atoms with E-state index in [2.05, 4.69) is 10.6 Å². The highest BCUT2D eigenvalue weighted by Crippen LogP contribution is 2.14. The van der Waals surface area contributed by atoms with E-state index in [9.17, 15) is 9.59 Å². The third-order valence-electron chi connectivity index (χ3n) is 2.82. The molecule has 0 unspecified atom stereocenters. The summed E-state index contributed by atoms with van der Waals surface area (Å²) in [6.45, 7) is 9.48. The van der Waals surface area contributed by atoms with Crippen LogP contribution in [-0.2, 0) is 4.79 Å². The molecular formula is C12H25N3O3.